The molecule has 0 atom stereocenters. The number of hydrogen-bond acceptors (Lipinski definition) is 1. The Kier molecular flexibility index (Phi) is 2.96. The Morgan fingerprint density at radius 2 is 1.94 bits per heavy atom. The van der Waals surface area contributed by atoms with Gasteiger partial charge in [0.1, 0.15) is 11.4 Å². The van der Waals surface area contributed by atoms with Crippen LogP contribution in [0.1, 0.15) is 57.6 Å². The van der Waals surface area contributed by atoms with Gasteiger partial charge in [-0.05, 0) is 44.2 Å². The zero-order valence-corrected chi connectivity index (χ0v) is 10.8. The molecule has 16 heavy (non-hydrogen) atoms. The summed E-state index contributed by atoms with van der Waals surface area (Å²) in [6, 6.07) is 6.52. The summed E-state index contributed by atoms with van der Waals surface area (Å²) in [5.41, 5.74) is 2.93. The second-order valence-corrected chi connectivity index (χ2v) is 5.38. The van der Waals surface area contributed by atoms with E-state index >= 15 is 0 Å². The van der Waals surface area contributed by atoms with E-state index in [4.69, 9.17) is 4.74 Å². The molecular weight excluding hydrogens is 196 g/mol. The molecule has 1 aliphatic heterocycles. The van der Waals surface area contributed by atoms with Crippen LogP contribution < -0.4 is 4.74 Å². The molecule has 0 spiro atoms. The Bertz CT molecular complexity index is 375. The summed E-state index contributed by atoms with van der Waals surface area (Å²) in [6.07, 6.45) is 3.48. The van der Waals surface area contributed by atoms with Crippen LogP contribution in [0.3, 0.4) is 0 Å². The number of ether oxygens (including phenoxy) is 1. The maximum absolute atomic E-state index is 5.97. The second kappa shape index (κ2) is 4.12. The van der Waals surface area contributed by atoms with Crippen molar-refractivity contribution in [3.8, 4) is 5.75 Å². The first kappa shape index (κ1) is 11.5. The fourth-order valence-electron chi connectivity index (χ4n) is 2.74. The average molecular weight is 218 g/mol. The molecule has 0 aromatic heterocycles. The fraction of sp³-hybridized carbons (Fsp3) is 0.600. The molecule has 0 bridgehead atoms. The maximum atomic E-state index is 5.97. The van der Waals surface area contributed by atoms with Crippen LogP contribution in [0.25, 0.3) is 0 Å². The standard InChI is InChI=1S/C15H22O/c1-5-11(6-2)12-8-7-9-14-13(12)10-15(3,4)16-14/h7-9,11H,5-6,10H2,1-4H3. The molecule has 0 amide bonds. The summed E-state index contributed by atoms with van der Waals surface area (Å²) < 4.78 is 5.97. The number of fused-ring (bicyclic) bond motifs is 1. The Morgan fingerprint density at radius 3 is 2.56 bits per heavy atom. The van der Waals surface area contributed by atoms with E-state index in [-0.39, 0.29) is 5.60 Å². The van der Waals surface area contributed by atoms with Gasteiger partial charge in [0, 0.05) is 12.0 Å². The van der Waals surface area contributed by atoms with Crippen LogP contribution in [0, 0.1) is 0 Å². The molecule has 0 fully saturated rings. The van der Waals surface area contributed by atoms with Crippen LogP contribution in [0.15, 0.2) is 18.2 Å². The lowest BCUT2D eigenvalue weighted by Gasteiger charge is -2.17. The average Bonchev–Trinajstić information content (AvgIpc) is 2.54. The van der Waals surface area contributed by atoms with Gasteiger partial charge in [-0.1, -0.05) is 26.0 Å². The number of hydrogen-bond donors (Lipinski definition) is 0. The van der Waals surface area contributed by atoms with Crippen LogP contribution in [-0.4, -0.2) is 5.60 Å². The summed E-state index contributed by atoms with van der Waals surface area (Å²) in [4.78, 5) is 0. The summed E-state index contributed by atoms with van der Waals surface area (Å²) >= 11 is 0. The van der Waals surface area contributed by atoms with Crippen molar-refractivity contribution in [2.24, 2.45) is 0 Å². The molecule has 1 aromatic carbocycles. The molecule has 0 saturated heterocycles. The van der Waals surface area contributed by atoms with Crippen molar-refractivity contribution >= 4 is 0 Å². The minimum atomic E-state index is -0.0233. The van der Waals surface area contributed by atoms with E-state index in [2.05, 4.69) is 45.9 Å². The smallest absolute Gasteiger partial charge is 0.123 e. The molecule has 1 heteroatoms. The topological polar surface area (TPSA) is 9.23 Å². The Morgan fingerprint density at radius 1 is 1.25 bits per heavy atom. The highest BCUT2D eigenvalue weighted by atomic mass is 16.5. The first-order chi connectivity index (χ1) is 7.57. The Labute approximate surface area is 98.8 Å². The minimum absolute atomic E-state index is 0.0233. The summed E-state index contributed by atoms with van der Waals surface area (Å²) in [5, 5.41) is 0. The predicted octanol–water partition coefficient (Wildman–Crippen LogP) is 4.30. The minimum Gasteiger partial charge on any atom is -0.487 e. The van der Waals surface area contributed by atoms with Gasteiger partial charge < -0.3 is 4.74 Å². The summed E-state index contributed by atoms with van der Waals surface area (Å²) in [7, 11) is 0. The lowest BCUT2D eigenvalue weighted by molar-refractivity contribution is 0.138. The number of rotatable bonds is 3. The zero-order valence-electron chi connectivity index (χ0n) is 10.8. The van der Waals surface area contributed by atoms with Gasteiger partial charge in [-0.15, -0.1) is 0 Å². The van der Waals surface area contributed by atoms with Crippen LogP contribution in [0.2, 0.25) is 0 Å². The highest BCUT2D eigenvalue weighted by Gasteiger charge is 2.32. The Hall–Kier alpha value is -0.980. The molecule has 0 unspecified atom stereocenters. The monoisotopic (exact) mass is 218 g/mol. The van der Waals surface area contributed by atoms with Crippen molar-refractivity contribution < 1.29 is 4.74 Å². The molecule has 2 rings (SSSR count). The fourth-order valence-corrected chi connectivity index (χ4v) is 2.74. The molecule has 1 nitrogen and oxygen atoms in total. The van der Waals surface area contributed by atoms with E-state index in [0.717, 1.165) is 12.2 Å². The summed E-state index contributed by atoms with van der Waals surface area (Å²) in [5.74, 6) is 1.79. The molecule has 0 saturated carbocycles. The van der Waals surface area contributed by atoms with Gasteiger partial charge in [-0.25, -0.2) is 0 Å². The molecule has 0 aliphatic carbocycles. The van der Waals surface area contributed by atoms with E-state index < -0.39 is 0 Å². The van der Waals surface area contributed by atoms with E-state index in [1.807, 2.05) is 0 Å². The van der Waals surface area contributed by atoms with Gasteiger partial charge in [0.15, 0.2) is 0 Å². The highest BCUT2D eigenvalue weighted by molar-refractivity contribution is 5.46. The van der Waals surface area contributed by atoms with E-state index in [9.17, 15) is 0 Å². The van der Waals surface area contributed by atoms with Gasteiger partial charge in [-0.2, -0.15) is 0 Å². The first-order valence-electron chi connectivity index (χ1n) is 6.38. The largest absolute Gasteiger partial charge is 0.487 e. The third-order valence-corrected chi connectivity index (χ3v) is 3.58. The molecule has 88 valence electrons. The molecule has 1 aromatic rings. The van der Waals surface area contributed by atoms with E-state index in [1.54, 1.807) is 0 Å². The molecule has 0 radical (unpaired) electrons. The lowest BCUT2D eigenvalue weighted by atomic mass is 9.87. The number of benzene rings is 1. The maximum Gasteiger partial charge on any atom is 0.123 e. The van der Waals surface area contributed by atoms with Crippen molar-refractivity contribution in [2.45, 2.75) is 58.5 Å². The van der Waals surface area contributed by atoms with E-state index in [0.29, 0.717) is 5.92 Å². The third-order valence-electron chi connectivity index (χ3n) is 3.58. The zero-order chi connectivity index (χ0) is 11.8. The lowest BCUT2D eigenvalue weighted by Crippen LogP contribution is -2.24. The van der Waals surface area contributed by atoms with Crippen molar-refractivity contribution in [1.29, 1.82) is 0 Å². The summed E-state index contributed by atoms with van der Waals surface area (Å²) in [6.45, 7) is 8.89. The van der Waals surface area contributed by atoms with Gasteiger partial charge in [0.05, 0.1) is 0 Å². The van der Waals surface area contributed by atoms with Gasteiger partial charge in [0.25, 0.3) is 0 Å². The first-order valence-corrected chi connectivity index (χ1v) is 6.38. The van der Waals surface area contributed by atoms with E-state index in [1.165, 1.54) is 24.0 Å². The van der Waals surface area contributed by atoms with Crippen LogP contribution in [-0.2, 0) is 6.42 Å². The van der Waals surface area contributed by atoms with Crippen molar-refractivity contribution in [1.82, 2.24) is 0 Å². The predicted molar refractivity (Wildman–Crippen MR) is 68.2 cm³/mol. The van der Waals surface area contributed by atoms with Crippen molar-refractivity contribution in [3.05, 3.63) is 29.3 Å². The molecule has 1 aliphatic rings. The molecular formula is C15H22O. The third kappa shape index (κ3) is 1.95. The van der Waals surface area contributed by atoms with Crippen LogP contribution in [0.4, 0.5) is 0 Å². The van der Waals surface area contributed by atoms with Crippen LogP contribution >= 0.6 is 0 Å². The Balaban J connectivity index is 2.40. The quantitative estimate of drug-likeness (QED) is 0.734. The molecule has 0 N–H and O–H groups in total. The normalized spacial score (nSPS) is 17.3. The van der Waals surface area contributed by atoms with Crippen molar-refractivity contribution in [2.75, 3.05) is 0 Å². The van der Waals surface area contributed by atoms with Gasteiger partial charge >= 0.3 is 0 Å². The molecule has 1 heterocycles. The van der Waals surface area contributed by atoms with Gasteiger partial charge in [-0.3, -0.25) is 0 Å². The highest BCUT2D eigenvalue weighted by Crippen LogP contribution is 2.40. The van der Waals surface area contributed by atoms with Crippen LogP contribution in [0.5, 0.6) is 5.75 Å². The van der Waals surface area contributed by atoms with Crippen molar-refractivity contribution in [3.63, 3.8) is 0 Å². The SMILES string of the molecule is CCC(CC)c1cccc2c1CC(C)(C)O2. The van der Waals surface area contributed by atoms with Gasteiger partial charge in [0.2, 0.25) is 0 Å². The second-order valence-electron chi connectivity index (χ2n) is 5.38.